The molecule has 0 radical (unpaired) electrons. The second-order valence-electron chi connectivity index (χ2n) is 8.84. The first-order chi connectivity index (χ1) is 17.0. The normalized spacial score (nSPS) is 20.1. The minimum atomic E-state index is -0.533. The maximum atomic E-state index is 13.0. The van der Waals surface area contributed by atoms with Crippen LogP contribution >= 0.6 is 0 Å². The number of esters is 1. The first kappa shape index (κ1) is 21.5. The van der Waals surface area contributed by atoms with Crippen LogP contribution in [0.2, 0.25) is 0 Å². The summed E-state index contributed by atoms with van der Waals surface area (Å²) in [6, 6.07) is 16.0. The number of nitrogens with zero attached hydrogens (tertiary/aromatic N) is 1. The van der Waals surface area contributed by atoms with E-state index < -0.39 is 12.1 Å². The Kier molecular flexibility index (Phi) is 5.11. The fourth-order valence-electron chi connectivity index (χ4n) is 5.18. The van der Waals surface area contributed by atoms with E-state index in [1.54, 1.807) is 43.5 Å². The van der Waals surface area contributed by atoms with Crippen LogP contribution < -0.4 is 19.5 Å². The molecule has 3 aromatic rings. The monoisotopic (exact) mass is 472 g/mol. The van der Waals surface area contributed by atoms with E-state index in [-0.39, 0.29) is 18.7 Å². The van der Waals surface area contributed by atoms with E-state index in [9.17, 15) is 9.59 Å². The Morgan fingerprint density at radius 1 is 1.11 bits per heavy atom. The van der Waals surface area contributed by atoms with Gasteiger partial charge in [-0.2, -0.15) is 0 Å². The summed E-state index contributed by atoms with van der Waals surface area (Å²) in [4.78, 5) is 27.7. The minimum absolute atomic E-state index is 0.147. The molecule has 2 atom stereocenters. The third-order valence-corrected chi connectivity index (χ3v) is 6.85. The van der Waals surface area contributed by atoms with Gasteiger partial charge in [0.1, 0.15) is 6.10 Å². The number of likely N-dealkylation sites (N-methyl/N-ethyl adjacent to an activating group) is 1. The summed E-state index contributed by atoms with van der Waals surface area (Å²) in [5.41, 5.74) is 4.33. The van der Waals surface area contributed by atoms with Crippen molar-refractivity contribution in [2.24, 2.45) is 0 Å². The van der Waals surface area contributed by atoms with Crippen molar-refractivity contribution in [2.45, 2.75) is 18.6 Å². The van der Waals surface area contributed by atoms with Crippen LogP contribution in [-0.4, -0.2) is 44.3 Å². The van der Waals surface area contributed by atoms with E-state index >= 15 is 0 Å². The highest BCUT2D eigenvalue weighted by molar-refractivity contribution is 6.05. The molecule has 178 valence electrons. The van der Waals surface area contributed by atoms with Gasteiger partial charge >= 0.3 is 5.97 Å². The maximum Gasteiger partial charge on any atom is 0.339 e. The largest absolute Gasteiger partial charge is 0.492 e. The molecular weight excluding hydrogens is 448 g/mol. The van der Waals surface area contributed by atoms with Gasteiger partial charge in [0.25, 0.3) is 5.91 Å². The van der Waals surface area contributed by atoms with E-state index in [4.69, 9.17) is 18.9 Å². The molecule has 0 spiro atoms. The highest BCUT2D eigenvalue weighted by Crippen LogP contribution is 2.54. The van der Waals surface area contributed by atoms with Crippen LogP contribution in [0.4, 0.5) is 5.69 Å². The molecule has 0 bridgehead atoms. The molecule has 3 aliphatic heterocycles. The van der Waals surface area contributed by atoms with E-state index in [0.29, 0.717) is 34.1 Å². The van der Waals surface area contributed by atoms with Gasteiger partial charge in [-0.25, -0.2) is 4.79 Å². The van der Waals surface area contributed by atoms with Gasteiger partial charge in [-0.15, -0.1) is 0 Å². The van der Waals surface area contributed by atoms with Crippen LogP contribution in [0, 0.1) is 0 Å². The molecular formula is C27H24N2O6. The maximum absolute atomic E-state index is 13.0. The van der Waals surface area contributed by atoms with E-state index in [1.165, 1.54) is 0 Å². The molecule has 2 unspecified atom stereocenters. The van der Waals surface area contributed by atoms with Crippen LogP contribution in [0.1, 0.15) is 49.6 Å². The van der Waals surface area contributed by atoms with Crippen LogP contribution in [-0.2, 0) is 11.2 Å². The molecule has 1 amide bonds. The summed E-state index contributed by atoms with van der Waals surface area (Å²) in [7, 11) is 3.62. The molecule has 3 heterocycles. The summed E-state index contributed by atoms with van der Waals surface area (Å²) >= 11 is 0. The van der Waals surface area contributed by atoms with E-state index in [1.807, 2.05) is 25.2 Å². The third kappa shape index (κ3) is 3.49. The average molecular weight is 472 g/mol. The van der Waals surface area contributed by atoms with Gasteiger partial charge in [-0.1, -0.05) is 24.3 Å². The van der Waals surface area contributed by atoms with Crippen LogP contribution in [0.15, 0.2) is 54.6 Å². The summed E-state index contributed by atoms with van der Waals surface area (Å²) in [6.07, 6.45) is 0.280. The average Bonchev–Trinajstić information content (AvgIpc) is 3.47. The topological polar surface area (TPSA) is 86.3 Å². The summed E-state index contributed by atoms with van der Waals surface area (Å²) in [5, 5.41) is 2.87. The number of hydrogen-bond donors (Lipinski definition) is 1. The fourth-order valence-corrected chi connectivity index (χ4v) is 5.18. The van der Waals surface area contributed by atoms with Crippen molar-refractivity contribution in [3.8, 4) is 17.2 Å². The molecule has 35 heavy (non-hydrogen) atoms. The highest BCUT2D eigenvalue weighted by Gasteiger charge is 2.44. The molecule has 0 saturated carbocycles. The van der Waals surface area contributed by atoms with Crippen LogP contribution in [0.3, 0.4) is 0 Å². The smallest absolute Gasteiger partial charge is 0.339 e. The Bertz CT molecular complexity index is 1340. The van der Waals surface area contributed by atoms with Crippen LogP contribution in [0.25, 0.3) is 0 Å². The van der Waals surface area contributed by atoms with Crippen molar-refractivity contribution in [1.82, 2.24) is 4.90 Å². The molecule has 8 heteroatoms. The first-order valence-electron chi connectivity index (χ1n) is 11.5. The third-order valence-electron chi connectivity index (χ3n) is 6.85. The number of carbonyl (C=O) groups excluding carboxylic acids is 2. The summed E-state index contributed by atoms with van der Waals surface area (Å²) in [5.74, 6) is 1.21. The van der Waals surface area contributed by atoms with Gasteiger partial charge in [-0.3, -0.25) is 9.69 Å². The number of nitrogens with one attached hydrogen (secondary N) is 1. The number of anilines is 1. The zero-order valence-electron chi connectivity index (χ0n) is 19.4. The Morgan fingerprint density at radius 2 is 1.94 bits per heavy atom. The van der Waals surface area contributed by atoms with Gasteiger partial charge in [-0.05, 0) is 49.4 Å². The molecule has 3 aromatic carbocycles. The Balaban J connectivity index is 1.36. The minimum Gasteiger partial charge on any atom is -0.492 e. The lowest BCUT2D eigenvalue weighted by Crippen LogP contribution is -2.36. The van der Waals surface area contributed by atoms with Crippen molar-refractivity contribution in [2.75, 3.05) is 32.8 Å². The standard InChI is InChI=1S/C27H24N2O6/c1-29-11-10-16-12-20-24(34-14-33-20)25(32-2)21(16)22(29)23-18-9-8-17(13-19(18)27(31)35-23)28-26(30)15-6-4-3-5-7-15/h3-9,12-13,22-23H,10-11,14H2,1-2H3,(H,28,30). The number of rotatable bonds is 4. The molecule has 0 aliphatic carbocycles. The number of fused-ring (bicyclic) bond motifs is 3. The van der Waals surface area contributed by atoms with Crippen molar-refractivity contribution in [3.63, 3.8) is 0 Å². The summed E-state index contributed by atoms with van der Waals surface area (Å²) in [6.45, 7) is 0.933. The quantitative estimate of drug-likeness (QED) is 0.572. The number of carbonyl (C=O) groups is 2. The van der Waals surface area contributed by atoms with Gasteiger partial charge in [0.05, 0.1) is 18.7 Å². The Hall–Kier alpha value is -4.04. The highest BCUT2D eigenvalue weighted by atomic mass is 16.7. The van der Waals surface area contributed by atoms with Crippen LogP contribution in [0.5, 0.6) is 17.2 Å². The lowest BCUT2D eigenvalue weighted by atomic mass is 9.85. The molecule has 0 fully saturated rings. The zero-order valence-corrected chi connectivity index (χ0v) is 19.4. The van der Waals surface area contributed by atoms with Crippen molar-refractivity contribution in [1.29, 1.82) is 0 Å². The van der Waals surface area contributed by atoms with E-state index in [0.717, 1.165) is 29.7 Å². The van der Waals surface area contributed by atoms with Gasteiger partial charge < -0.3 is 24.3 Å². The van der Waals surface area contributed by atoms with Gasteiger partial charge in [0, 0.05) is 28.9 Å². The molecule has 3 aliphatic rings. The Labute approximate surface area is 202 Å². The second-order valence-corrected chi connectivity index (χ2v) is 8.84. The molecule has 6 rings (SSSR count). The summed E-state index contributed by atoms with van der Waals surface area (Å²) < 4.78 is 23.0. The second kappa shape index (κ2) is 8.32. The molecule has 0 saturated heterocycles. The Morgan fingerprint density at radius 3 is 2.74 bits per heavy atom. The van der Waals surface area contributed by atoms with Crippen molar-refractivity contribution in [3.05, 3.63) is 82.4 Å². The first-order valence-corrected chi connectivity index (χ1v) is 11.5. The number of ether oxygens (including phenoxy) is 4. The van der Waals surface area contributed by atoms with Gasteiger partial charge in [0.2, 0.25) is 12.5 Å². The molecule has 1 N–H and O–H groups in total. The molecule has 0 aromatic heterocycles. The van der Waals surface area contributed by atoms with Crippen molar-refractivity contribution < 1.29 is 28.5 Å². The number of cyclic esters (lactones) is 1. The van der Waals surface area contributed by atoms with Gasteiger partial charge in [0.15, 0.2) is 11.5 Å². The number of amides is 1. The predicted octanol–water partition coefficient (Wildman–Crippen LogP) is 4.12. The number of hydrogen-bond acceptors (Lipinski definition) is 7. The number of benzene rings is 3. The SMILES string of the molecule is COc1c2c(cc3c1C(C1OC(=O)c4cc(NC(=O)c5ccccc5)ccc41)N(C)CC3)OCO2. The molecule has 8 nitrogen and oxygen atoms in total. The predicted molar refractivity (Wildman–Crippen MR) is 127 cm³/mol. The fraction of sp³-hybridized carbons (Fsp3) is 0.259. The number of methoxy groups -OCH3 is 1. The zero-order chi connectivity index (χ0) is 24.1. The lowest BCUT2D eigenvalue weighted by molar-refractivity contribution is 0.00881. The van der Waals surface area contributed by atoms with Crippen molar-refractivity contribution >= 4 is 17.6 Å². The van der Waals surface area contributed by atoms with E-state index in [2.05, 4.69) is 10.2 Å². The lowest BCUT2D eigenvalue weighted by Gasteiger charge is -2.38.